The summed E-state index contributed by atoms with van der Waals surface area (Å²) in [7, 11) is 0. The Labute approximate surface area is 96.4 Å². The number of nitrogens with zero attached hydrogens (tertiary/aromatic N) is 2. The van der Waals surface area contributed by atoms with Gasteiger partial charge in [-0.2, -0.15) is 0 Å². The molecule has 0 amide bonds. The third-order valence-electron chi connectivity index (χ3n) is 2.65. The van der Waals surface area contributed by atoms with Gasteiger partial charge in [0.15, 0.2) is 5.82 Å². The minimum absolute atomic E-state index is 0.0178. The molecule has 0 radical (unpaired) electrons. The molecule has 4 nitrogen and oxygen atoms in total. The largest absolute Gasteiger partial charge is 0.368 e. The summed E-state index contributed by atoms with van der Waals surface area (Å²) in [4.78, 5) is 9.03. The number of morpholine rings is 1. The lowest BCUT2D eigenvalue weighted by Gasteiger charge is -2.22. The van der Waals surface area contributed by atoms with Crippen molar-refractivity contribution >= 4 is 0 Å². The van der Waals surface area contributed by atoms with Crippen LogP contribution in [0.4, 0.5) is 0 Å². The van der Waals surface area contributed by atoms with Crippen LogP contribution in [0.1, 0.15) is 36.7 Å². The highest BCUT2D eigenvalue weighted by Gasteiger charge is 2.19. The molecule has 2 rings (SSSR count). The lowest BCUT2D eigenvalue weighted by atomic mass is 10.2. The molecule has 1 saturated heterocycles. The number of rotatable bonds is 3. The van der Waals surface area contributed by atoms with Crippen molar-refractivity contribution in [1.29, 1.82) is 0 Å². The van der Waals surface area contributed by atoms with Gasteiger partial charge in [0.25, 0.3) is 0 Å². The van der Waals surface area contributed by atoms with Crippen LogP contribution >= 0.6 is 0 Å². The Morgan fingerprint density at radius 1 is 1.50 bits per heavy atom. The summed E-state index contributed by atoms with van der Waals surface area (Å²) >= 11 is 0. The second-order valence-electron chi connectivity index (χ2n) is 4.17. The number of ether oxygens (including phenoxy) is 1. The van der Waals surface area contributed by atoms with E-state index in [-0.39, 0.29) is 6.10 Å². The maximum Gasteiger partial charge on any atom is 0.158 e. The van der Waals surface area contributed by atoms with Gasteiger partial charge in [-0.3, -0.25) is 0 Å². The first-order valence-corrected chi connectivity index (χ1v) is 5.96. The highest BCUT2D eigenvalue weighted by atomic mass is 16.5. The SMILES string of the molecule is CCCc1cc(C)nc(C2CNCCO2)n1. The maximum atomic E-state index is 5.66. The third-order valence-corrected chi connectivity index (χ3v) is 2.65. The summed E-state index contributed by atoms with van der Waals surface area (Å²) in [6, 6.07) is 2.06. The van der Waals surface area contributed by atoms with Gasteiger partial charge in [-0.15, -0.1) is 0 Å². The van der Waals surface area contributed by atoms with Crippen molar-refractivity contribution in [3.05, 3.63) is 23.3 Å². The fourth-order valence-corrected chi connectivity index (χ4v) is 1.92. The molecule has 1 aromatic heterocycles. The quantitative estimate of drug-likeness (QED) is 0.838. The average Bonchev–Trinajstić information content (AvgIpc) is 2.30. The predicted molar refractivity (Wildman–Crippen MR) is 62.3 cm³/mol. The molecule has 88 valence electrons. The molecule has 0 spiro atoms. The van der Waals surface area contributed by atoms with E-state index in [1.165, 1.54) is 0 Å². The molecule has 16 heavy (non-hydrogen) atoms. The normalized spacial score (nSPS) is 21.0. The molecular weight excluding hydrogens is 202 g/mol. The highest BCUT2D eigenvalue weighted by molar-refractivity contribution is 5.12. The number of aromatic nitrogens is 2. The zero-order chi connectivity index (χ0) is 11.4. The number of aryl methyl sites for hydroxylation is 2. The molecule has 1 fully saturated rings. The molecule has 1 aliphatic heterocycles. The summed E-state index contributed by atoms with van der Waals surface area (Å²) in [5, 5.41) is 3.30. The smallest absolute Gasteiger partial charge is 0.158 e. The first kappa shape index (κ1) is 11.5. The van der Waals surface area contributed by atoms with E-state index in [0.717, 1.165) is 49.8 Å². The third kappa shape index (κ3) is 2.77. The van der Waals surface area contributed by atoms with Crippen molar-refractivity contribution < 1.29 is 4.74 Å². The minimum Gasteiger partial charge on any atom is -0.368 e. The molecule has 4 heteroatoms. The van der Waals surface area contributed by atoms with Gasteiger partial charge < -0.3 is 10.1 Å². The van der Waals surface area contributed by atoms with E-state index >= 15 is 0 Å². The van der Waals surface area contributed by atoms with Crippen LogP contribution in [0.2, 0.25) is 0 Å². The summed E-state index contributed by atoms with van der Waals surface area (Å²) < 4.78 is 5.66. The Morgan fingerprint density at radius 2 is 2.38 bits per heavy atom. The van der Waals surface area contributed by atoms with Crippen LogP contribution in [0.3, 0.4) is 0 Å². The zero-order valence-electron chi connectivity index (χ0n) is 9.99. The van der Waals surface area contributed by atoms with E-state index in [2.05, 4.69) is 28.3 Å². The van der Waals surface area contributed by atoms with Gasteiger partial charge in [-0.1, -0.05) is 13.3 Å². The Kier molecular flexibility index (Phi) is 3.85. The molecule has 1 N–H and O–H groups in total. The molecular formula is C12H19N3O. The Hall–Kier alpha value is -1.00. The van der Waals surface area contributed by atoms with Gasteiger partial charge >= 0.3 is 0 Å². The summed E-state index contributed by atoms with van der Waals surface area (Å²) in [5.41, 5.74) is 2.15. The predicted octanol–water partition coefficient (Wildman–Crippen LogP) is 1.40. The molecule has 0 saturated carbocycles. The lowest BCUT2D eigenvalue weighted by molar-refractivity contribution is 0.0219. The monoisotopic (exact) mass is 221 g/mol. The van der Waals surface area contributed by atoms with E-state index in [1.807, 2.05) is 6.92 Å². The van der Waals surface area contributed by atoms with Gasteiger partial charge in [0.2, 0.25) is 0 Å². The first-order chi connectivity index (χ1) is 7.79. The van der Waals surface area contributed by atoms with Crippen LogP contribution in [0.15, 0.2) is 6.07 Å². The van der Waals surface area contributed by atoms with E-state index in [0.29, 0.717) is 0 Å². The van der Waals surface area contributed by atoms with Crippen LogP contribution in [-0.2, 0) is 11.2 Å². The average molecular weight is 221 g/mol. The minimum atomic E-state index is 0.0178. The van der Waals surface area contributed by atoms with Crippen molar-refractivity contribution in [2.45, 2.75) is 32.8 Å². The Balaban J connectivity index is 2.18. The zero-order valence-corrected chi connectivity index (χ0v) is 9.99. The van der Waals surface area contributed by atoms with Gasteiger partial charge in [0.05, 0.1) is 6.61 Å². The highest BCUT2D eigenvalue weighted by Crippen LogP contribution is 2.16. The number of nitrogens with one attached hydrogen (secondary N) is 1. The maximum absolute atomic E-state index is 5.66. The van der Waals surface area contributed by atoms with Crippen LogP contribution in [-0.4, -0.2) is 29.7 Å². The van der Waals surface area contributed by atoms with E-state index in [9.17, 15) is 0 Å². The summed E-state index contributed by atoms with van der Waals surface area (Å²) in [5.74, 6) is 0.829. The number of hydrogen-bond acceptors (Lipinski definition) is 4. The molecule has 0 aliphatic carbocycles. The fourth-order valence-electron chi connectivity index (χ4n) is 1.92. The second kappa shape index (κ2) is 5.37. The van der Waals surface area contributed by atoms with E-state index in [1.54, 1.807) is 0 Å². The topological polar surface area (TPSA) is 47.0 Å². The first-order valence-electron chi connectivity index (χ1n) is 5.96. The number of hydrogen-bond donors (Lipinski definition) is 1. The Bertz CT molecular complexity index is 348. The fraction of sp³-hybridized carbons (Fsp3) is 0.667. The summed E-state index contributed by atoms with van der Waals surface area (Å²) in [6.45, 7) is 6.65. The standard InChI is InChI=1S/C12H19N3O/c1-3-4-10-7-9(2)14-12(15-10)11-8-13-5-6-16-11/h7,11,13H,3-6,8H2,1-2H3. The molecule has 1 aromatic rings. The van der Waals surface area contributed by atoms with Crippen molar-refractivity contribution in [3.63, 3.8) is 0 Å². The van der Waals surface area contributed by atoms with Crippen LogP contribution in [0.25, 0.3) is 0 Å². The molecule has 1 aliphatic rings. The van der Waals surface area contributed by atoms with Gasteiger partial charge in [-0.05, 0) is 19.4 Å². The molecule has 1 atom stereocenters. The lowest BCUT2D eigenvalue weighted by Crippen LogP contribution is -2.34. The van der Waals surface area contributed by atoms with Crippen LogP contribution in [0.5, 0.6) is 0 Å². The van der Waals surface area contributed by atoms with Gasteiger partial charge in [0, 0.05) is 24.5 Å². The van der Waals surface area contributed by atoms with Crippen molar-refractivity contribution in [2.24, 2.45) is 0 Å². The Morgan fingerprint density at radius 3 is 3.06 bits per heavy atom. The molecule has 1 unspecified atom stereocenters. The van der Waals surface area contributed by atoms with Crippen molar-refractivity contribution in [3.8, 4) is 0 Å². The molecule has 0 bridgehead atoms. The summed E-state index contributed by atoms with van der Waals surface area (Å²) in [6.07, 6.45) is 2.14. The van der Waals surface area contributed by atoms with Crippen LogP contribution < -0.4 is 5.32 Å². The molecule has 0 aromatic carbocycles. The molecule has 2 heterocycles. The van der Waals surface area contributed by atoms with Crippen molar-refractivity contribution in [2.75, 3.05) is 19.7 Å². The van der Waals surface area contributed by atoms with Crippen LogP contribution in [0, 0.1) is 6.92 Å². The van der Waals surface area contributed by atoms with Gasteiger partial charge in [-0.25, -0.2) is 9.97 Å². The second-order valence-corrected chi connectivity index (χ2v) is 4.17. The van der Waals surface area contributed by atoms with Crippen molar-refractivity contribution in [1.82, 2.24) is 15.3 Å². The van der Waals surface area contributed by atoms with E-state index < -0.39 is 0 Å². The van der Waals surface area contributed by atoms with Gasteiger partial charge in [0.1, 0.15) is 6.10 Å². The van der Waals surface area contributed by atoms with E-state index in [4.69, 9.17) is 4.74 Å².